The molecule has 0 aromatic heterocycles. The van der Waals surface area contributed by atoms with E-state index >= 15 is 0 Å². The molecule has 4 N–H and O–H groups in total. The second-order valence-corrected chi connectivity index (χ2v) is 12.7. The lowest BCUT2D eigenvalue weighted by Crippen LogP contribution is -2.58. The summed E-state index contributed by atoms with van der Waals surface area (Å²) in [5, 5.41) is 26.3. The maximum atomic E-state index is 13.3. The number of aliphatic carboxylic acids is 1. The number of ether oxygens (including phenoxy) is 1. The molecular formula is C35H39ClN4O6. The number of likely N-dealkylation sites (tertiary alicyclic amines) is 1. The van der Waals surface area contributed by atoms with Crippen molar-refractivity contribution < 1.29 is 24.4 Å². The first kappa shape index (κ1) is 33.0. The maximum absolute atomic E-state index is 13.3. The number of nitrogens with one attached hydrogen (secondary N) is 1. The number of carboxylic acid groups (broad SMARTS) is 1. The fourth-order valence-corrected chi connectivity index (χ4v) is 7.65. The number of benzene rings is 3. The van der Waals surface area contributed by atoms with Gasteiger partial charge in [0, 0.05) is 34.5 Å². The summed E-state index contributed by atoms with van der Waals surface area (Å²) in [6.07, 6.45) is 2.46. The second-order valence-electron chi connectivity index (χ2n) is 12.2. The smallest absolute Gasteiger partial charge is 0.338 e. The molecule has 0 saturated carbocycles. The molecule has 0 radical (unpaired) electrons. The van der Waals surface area contributed by atoms with Gasteiger partial charge >= 0.3 is 11.9 Å². The number of carbonyl (C=O) groups is 2. The normalized spacial score (nSPS) is 22.9. The quantitative estimate of drug-likeness (QED) is 0.145. The van der Waals surface area contributed by atoms with Gasteiger partial charge in [-0.15, -0.1) is 0 Å². The van der Waals surface area contributed by atoms with Gasteiger partial charge in [0.05, 0.1) is 23.0 Å². The number of halogens is 1. The van der Waals surface area contributed by atoms with Gasteiger partial charge < -0.3 is 25.8 Å². The van der Waals surface area contributed by atoms with Crippen LogP contribution in [0.3, 0.4) is 0 Å². The molecule has 242 valence electrons. The van der Waals surface area contributed by atoms with E-state index in [4.69, 9.17) is 22.1 Å². The maximum Gasteiger partial charge on any atom is 0.338 e. The minimum absolute atomic E-state index is 0.00297. The zero-order chi connectivity index (χ0) is 33.1. The number of nitrogens with two attached hydrogens (primary N) is 1. The summed E-state index contributed by atoms with van der Waals surface area (Å²) in [7, 11) is 1.20. The number of hydrogen-bond donors (Lipinski definition) is 3. The standard InChI is InChI=1S/C35H39ClN4O6/c1-23-35(33(42)43,30(29(31(37)38-23)32(41)46-2)24-8-6-11-28(22-24)40(44)45)16-7-19-39-20-17-34(18-21-39,25-9-4-3-5-10-25)26-12-14-27(36)15-13-26/h3-6,8-15,22-23,30,38H,7,16-21,37H2,1-2H3,(H,42,43). The van der Waals surface area contributed by atoms with E-state index in [1.54, 1.807) is 13.0 Å². The molecule has 10 nitrogen and oxygen atoms in total. The number of methoxy groups -OCH3 is 1. The van der Waals surface area contributed by atoms with Crippen molar-refractivity contribution in [1.82, 2.24) is 10.2 Å². The van der Waals surface area contributed by atoms with Gasteiger partial charge in [0.15, 0.2) is 0 Å². The number of esters is 1. The van der Waals surface area contributed by atoms with Crippen LogP contribution in [-0.4, -0.2) is 59.7 Å². The van der Waals surface area contributed by atoms with Gasteiger partial charge in [-0.25, -0.2) is 4.79 Å². The Balaban J connectivity index is 1.41. The van der Waals surface area contributed by atoms with Crippen molar-refractivity contribution in [2.75, 3.05) is 26.7 Å². The van der Waals surface area contributed by atoms with Gasteiger partial charge in [-0.2, -0.15) is 0 Å². The molecule has 0 amide bonds. The lowest BCUT2D eigenvalue weighted by molar-refractivity contribution is -0.384. The highest BCUT2D eigenvalue weighted by Gasteiger charge is 2.56. The predicted molar refractivity (Wildman–Crippen MR) is 175 cm³/mol. The van der Waals surface area contributed by atoms with Crippen LogP contribution in [0, 0.1) is 15.5 Å². The Labute approximate surface area is 273 Å². The molecule has 1 fully saturated rings. The molecule has 3 aromatic carbocycles. The first-order valence-corrected chi connectivity index (χ1v) is 15.8. The number of hydrogen-bond acceptors (Lipinski definition) is 8. The monoisotopic (exact) mass is 646 g/mol. The predicted octanol–water partition coefficient (Wildman–Crippen LogP) is 5.60. The van der Waals surface area contributed by atoms with Gasteiger partial charge in [0.2, 0.25) is 0 Å². The van der Waals surface area contributed by atoms with Gasteiger partial charge in [0.1, 0.15) is 5.82 Å². The third kappa shape index (κ3) is 6.07. The summed E-state index contributed by atoms with van der Waals surface area (Å²) in [4.78, 5) is 39.9. The van der Waals surface area contributed by atoms with Gasteiger partial charge in [0.25, 0.3) is 5.69 Å². The van der Waals surface area contributed by atoms with E-state index in [1.807, 2.05) is 18.2 Å². The van der Waals surface area contributed by atoms with Gasteiger partial charge in [-0.1, -0.05) is 66.2 Å². The molecule has 5 rings (SSSR count). The number of rotatable bonds is 10. The highest BCUT2D eigenvalue weighted by atomic mass is 35.5. The van der Waals surface area contributed by atoms with Crippen molar-refractivity contribution in [3.63, 3.8) is 0 Å². The topological polar surface area (TPSA) is 148 Å². The SMILES string of the molecule is COC(=O)C1=C(N)NC(C)C(CCCN2CCC(c3ccccc3)(c3ccc(Cl)cc3)CC2)(C(=O)O)C1c1cccc([N+](=O)[O-])c1. The Morgan fingerprint density at radius 3 is 2.33 bits per heavy atom. The molecule has 3 unspecified atom stereocenters. The van der Waals surface area contributed by atoms with Crippen molar-refractivity contribution >= 4 is 29.2 Å². The molecule has 2 aliphatic rings. The lowest BCUT2D eigenvalue weighted by Gasteiger charge is -2.47. The van der Waals surface area contributed by atoms with E-state index in [0.29, 0.717) is 23.6 Å². The van der Waals surface area contributed by atoms with E-state index in [-0.39, 0.29) is 28.9 Å². The van der Waals surface area contributed by atoms with Crippen LogP contribution in [-0.2, 0) is 19.7 Å². The van der Waals surface area contributed by atoms with E-state index in [0.717, 1.165) is 25.9 Å². The minimum Gasteiger partial charge on any atom is -0.481 e. The summed E-state index contributed by atoms with van der Waals surface area (Å²) < 4.78 is 5.04. The molecule has 11 heteroatoms. The van der Waals surface area contributed by atoms with Crippen LogP contribution in [0.15, 0.2) is 90.3 Å². The van der Waals surface area contributed by atoms with Crippen LogP contribution in [0.2, 0.25) is 5.02 Å². The Hall–Kier alpha value is -4.41. The lowest BCUT2D eigenvalue weighted by atomic mass is 9.60. The van der Waals surface area contributed by atoms with E-state index < -0.39 is 34.2 Å². The molecule has 1 saturated heterocycles. The molecule has 3 atom stereocenters. The third-order valence-corrected chi connectivity index (χ3v) is 10.2. The van der Waals surface area contributed by atoms with E-state index in [1.165, 1.54) is 36.4 Å². The molecule has 2 heterocycles. The number of nitrogens with zero attached hydrogens (tertiary/aromatic N) is 2. The summed E-state index contributed by atoms with van der Waals surface area (Å²) in [6.45, 7) is 3.97. The first-order valence-electron chi connectivity index (χ1n) is 15.4. The summed E-state index contributed by atoms with van der Waals surface area (Å²) >= 11 is 6.22. The average Bonchev–Trinajstić information content (AvgIpc) is 3.06. The van der Waals surface area contributed by atoms with Crippen molar-refractivity contribution in [3.8, 4) is 0 Å². The fourth-order valence-electron chi connectivity index (χ4n) is 7.52. The van der Waals surface area contributed by atoms with Gasteiger partial charge in [-0.3, -0.25) is 14.9 Å². The third-order valence-electron chi connectivity index (χ3n) is 9.95. The van der Waals surface area contributed by atoms with E-state index in [2.05, 4.69) is 46.6 Å². The van der Waals surface area contributed by atoms with Crippen LogP contribution in [0.1, 0.15) is 55.2 Å². The van der Waals surface area contributed by atoms with Crippen molar-refractivity contribution in [2.24, 2.45) is 11.1 Å². The zero-order valence-electron chi connectivity index (χ0n) is 25.9. The Morgan fingerprint density at radius 1 is 1.07 bits per heavy atom. The second kappa shape index (κ2) is 13.5. The van der Waals surface area contributed by atoms with Crippen LogP contribution < -0.4 is 11.1 Å². The number of carbonyl (C=O) groups excluding carboxylic acids is 1. The number of non-ortho nitro benzene ring substituents is 1. The summed E-state index contributed by atoms with van der Waals surface area (Å²) in [6, 6.07) is 23.6. The molecular weight excluding hydrogens is 608 g/mol. The molecule has 3 aromatic rings. The van der Waals surface area contributed by atoms with E-state index in [9.17, 15) is 24.8 Å². The summed E-state index contributed by atoms with van der Waals surface area (Å²) in [5.74, 6) is -2.98. The number of nitro groups is 1. The fraction of sp³-hybridized carbons (Fsp3) is 0.371. The highest BCUT2D eigenvalue weighted by Crippen LogP contribution is 2.51. The number of piperidine rings is 1. The summed E-state index contributed by atoms with van der Waals surface area (Å²) in [5.41, 5.74) is 7.12. The molecule has 0 spiro atoms. The Morgan fingerprint density at radius 2 is 1.72 bits per heavy atom. The zero-order valence-corrected chi connectivity index (χ0v) is 26.7. The van der Waals surface area contributed by atoms with Crippen LogP contribution in [0.4, 0.5) is 5.69 Å². The van der Waals surface area contributed by atoms with Crippen molar-refractivity contribution in [3.05, 3.63) is 122 Å². The molecule has 0 bridgehead atoms. The largest absolute Gasteiger partial charge is 0.481 e. The number of carboxylic acids is 1. The van der Waals surface area contributed by atoms with Crippen molar-refractivity contribution in [1.29, 1.82) is 0 Å². The Kier molecular flexibility index (Phi) is 9.69. The molecule has 2 aliphatic heterocycles. The highest BCUT2D eigenvalue weighted by molar-refractivity contribution is 6.30. The first-order chi connectivity index (χ1) is 22.0. The van der Waals surface area contributed by atoms with Crippen LogP contribution in [0.25, 0.3) is 0 Å². The average molecular weight is 647 g/mol. The number of nitro benzene ring substituents is 1. The van der Waals surface area contributed by atoms with Gasteiger partial charge in [-0.05, 0) is 81.1 Å². The van der Waals surface area contributed by atoms with Crippen molar-refractivity contribution in [2.45, 2.75) is 50.0 Å². The molecule has 0 aliphatic carbocycles. The molecule has 46 heavy (non-hydrogen) atoms. The van der Waals surface area contributed by atoms with Crippen LogP contribution >= 0.6 is 11.6 Å². The minimum atomic E-state index is -1.55. The Bertz CT molecular complexity index is 1620. The van der Waals surface area contributed by atoms with Crippen LogP contribution in [0.5, 0.6) is 0 Å².